The lowest BCUT2D eigenvalue weighted by Crippen LogP contribution is -2.55. The summed E-state index contributed by atoms with van der Waals surface area (Å²) in [6.07, 6.45) is 6.06. The Bertz CT molecular complexity index is 1140. The van der Waals surface area contributed by atoms with Crippen molar-refractivity contribution in [3.8, 4) is 5.75 Å². The van der Waals surface area contributed by atoms with Gasteiger partial charge in [0.25, 0.3) is 5.91 Å². The number of nitrogens with zero attached hydrogens (tertiary/aromatic N) is 2. The first-order chi connectivity index (χ1) is 15.4. The first kappa shape index (κ1) is 23.8. The van der Waals surface area contributed by atoms with Gasteiger partial charge in [-0.05, 0) is 63.8 Å². The molecule has 33 heavy (non-hydrogen) atoms. The lowest BCUT2D eigenvalue weighted by atomic mass is 9.96. The number of carbonyl (C=O) groups excluding carboxylic acids is 1. The number of fused-ring (bicyclic) bond motifs is 2. The summed E-state index contributed by atoms with van der Waals surface area (Å²) in [6.45, 7) is 3.33. The van der Waals surface area contributed by atoms with E-state index in [1.165, 1.54) is 24.4 Å². The van der Waals surface area contributed by atoms with Gasteiger partial charge in [0.15, 0.2) is 15.4 Å². The topological polar surface area (TPSA) is 88.6 Å². The van der Waals surface area contributed by atoms with Gasteiger partial charge < -0.3 is 15.0 Å². The van der Waals surface area contributed by atoms with Crippen molar-refractivity contribution in [2.75, 3.05) is 11.2 Å². The number of carbonyl (C=O) groups is 1. The number of aromatic nitrogens is 1. The van der Waals surface area contributed by atoms with Crippen LogP contribution < -0.4 is 15.0 Å². The predicted molar refractivity (Wildman–Crippen MR) is 124 cm³/mol. The largest absolute Gasteiger partial charge is 0.478 e. The monoisotopic (exact) mass is 495 g/mol. The van der Waals surface area contributed by atoms with E-state index in [1.807, 2.05) is 0 Å². The molecule has 0 spiro atoms. The number of amides is 1. The van der Waals surface area contributed by atoms with E-state index in [0.717, 1.165) is 37.8 Å². The van der Waals surface area contributed by atoms with Gasteiger partial charge in [-0.25, -0.2) is 17.8 Å². The Morgan fingerprint density at radius 1 is 1.21 bits per heavy atom. The zero-order chi connectivity index (χ0) is 24.0. The molecule has 10 heteroatoms. The van der Waals surface area contributed by atoms with E-state index in [4.69, 9.17) is 16.3 Å². The zero-order valence-electron chi connectivity index (χ0n) is 18.7. The second-order valence-electron chi connectivity index (χ2n) is 9.25. The molecule has 2 aromatic rings. The molecule has 1 aromatic heterocycles. The molecule has 2 bridgehead atoms. The molecule has 0 aliphatic carbocycles. The Kier molecular flexibility index (Phi) is 6.30. The SMILES string of the molecule is CC(C)(Oc1ccc(F)c(Cl)c1)C(=O)NC1CC2CCC(C1)N2c1ccc(S(C)(=O)=O)cn1. The van der Waals surface area contributed by atoms with Crippen molar-refractivity contribution in [3.05, 3.63) is 47.4 Å². The van der Waals surface area contributed by atoms with Crippen LogP contribution in [0.15, 0.2) is 41.4 Å². The van der Waals surface area contributed by atoms with Gasteiger partial charge in [0.2, 0.25) is 0 Å². The number of ether oxygens (including phenoxy) is 1. The number of nitrogens with one attached hydrogen (secondary N) is 1. The number of rotatable bonds is 6. The zero-order valence-corrected chi connectivity index (χ0v) is 20.3. The Morgan fingerprint density at radius 3 is 2.42 bits per heavy atom. The highest BCUT2D eigenvalue weighted by molar-refractivity contribution is 7.90. The minimum atomic E-state index is -3.29. The molecule has 1 amide bonds. The number of pyridine rings is 1. The van der Waals surface area contributed by atoms with Crippen LogP contribution >= 0.6 is 11.6 Å². The lowest BCUT2D eigenvalue weighted by molar-refractivity contribution is -0.135. The summed E-state index contributed by atoms with van der Waals surface area (Å²) in [4.78, 5) is 19.8. The number of hydrogen-bond acceptors (Lipinski definition) is 6. The first-order valence-corrected chi connectivity index (χ1v) is 13.1. The number of hydrogen-bond donors (Lipinski definition) is 1. The van der Waals surface area contributed by atoms with Gasteiger partial charge in [0, 0.05) is 36.6 Å². The molecule has 178 valence electrons. The smallest absolute Gasteiger partial charge is 0.263 e. The number of anilines is 1. The minimum Gasteiger partial charge on any atom is -0.478 e. The van der Waals surface area contributed by atoms with E-state index in [0.29, 0.717) is 5.75 Å². The Morgan fingerprint density at radius 2 is 1.88 bits per heavy atom. The third-order valence-corrected chi connectivity index (χ3v) is 7.68. The molecule has 1 N–H and O–H groups in total. The van der Waals surface area contributed by atoms with Crippen molar-refractivity contribution < 1.29 is 22.3 Å². The summed E-state index contributed by atoms with van der Waals surface area (Å²) in [5.41, 5.74) is -1.17. The highest BCUT2D eigenvalue weighted by atomic mass is 35.5. The van der Waals surface area contributed by atoms with Crippen LogP contribution in [0.3, 0.4) is 0 Å². The van der Waals surface area contributed by atoms with Crippen LogP contribution in [-0.4, -0.2) is 49.3 Å². The Labute approximate surface area is 198 Å². The van der Waals surface area contributed by atoms with Crippen LogP contribution in [0.25, 0.3) is 0 Å². The molecule has 3 heterocycles. The van der Waals surface area contributed by atoms with E-state index in [1.54, 1.807) is 26.0 Å². The molecule has 2 aliphatic rings. The average molecular weight is 496 g/mol. The molecule has 2 atom stereocenters. The second-order valence-corrected chi connectivity index (χ2v) is 11.7. The molecule has 2 saturated heterocycles. The van der Waals surface area contributed by atoms with Crippen molar-refractivity contribution >= 4 is 33.2 Å². The molecule has 7 nitrogen and oxygen atoms in total. The lowest BCUT2D eigenvalue weighted by Gasteiger charge is -2.40. The van der Waals surface area contributed by atoms with E-state index >= 15 is 0 Å². The van der Waals surface area contributed by atoms with E-state index in [2.05, 4.69) is 15.2 Å². The number of benzene rings is 1. The summed E-state index contributed by atoms with van der Waals surface area (Å²) in [5, 5.41) is 3.05. The average Bonchev–Trinajstić information content (AvgIpc) is 3.00. The van der Waals surface area contributed by atoms with Gasteiger partial charge >= 0.3 is 0 Å². The standard InChI is InChI=1S/C23H27ClFN3O4S/c1-23(2,32-17-6-8-20(25)19(24)12-17)22(29)27-14-10-15-4-5-16(11-14)28(15)21-9-7-18(13-26-21)33(3,30)31/h6-9,12-16H,4-5,10-11H2,1-3H3,(H,27,29). The fraction of sp³-hybridized carbons (Fsp3) is 0.478. The van der Waals surface area contributed by atoms with Crippen molar-refractivity contribution in [1.82, 2.24) is 10.3 Å². The maximum absolute atomic E-state index is 13.4. The van der Waals surface area contributed by atoms with Gasteiger partial charge in [0.05, 0.1) is 9.92 Å². The fourth-order valence-corrected chi connectivity index (χ4v) is 5.38. The highest BCUT2D eigenvalue weighted by Crippen LogP contribution is 2.39. The second kappa shape index (κ2) is 8.76. The van der Waals surface area contributed by atoms with Crippen LogP contribution in [0.5, 0.6) is 5.75 Å². The minimum absolute atomic E-state index is 0.0128. The summed E-state index contributed by atoms with van der Waals surface area (Å²) in [5.74, 6) is 0.280. The maximum Gasteiger partial charge on any atom is 0.263 e. The van der Waals surface area contributed by atoms with Crippen LogP contribution in [0, 0.1) is 5.82 Å². The van der Waals surface area contributed by atoms with Crippen molar-refractivity contribution in [2.24, 2.45) is 0 Å². The molecular formula is C23H27ClFN3O4S. The predicted octanol–water partition coefficient (Wildman–Crippen LogP) is 3.75. The van der Waals surface area contributed by atoms with Crippen molar-refractivity contribution in [3.63, 3.8) is 0 Å². The summed E-state index contributed by atoms with van der Waals surface area (Å²) >= 11 is 5.82. The van der Waals surface area contributed by atoms with Gasteiger partial charge in [-0.1, -0.05) is 11.6 Å². The van der Waals surface area contributed by atoms with Gasteiger partial charge in [-0.3, -0.25) is 4.79 Å². The van der Waals surface area contributed by atoms with Crippen LogP contribution in [0.4, 0.5) is 10.2 Å². The maximum atomic E-state index is 13.4. The van der Waals surface area contributed by atoms with Gasteiger partial charge in [0.1, 0.15) is 17.4 Å². The molecule has 2 aliphatic heterocycles. The molecule has 0 radical (unpaired) electrons. The van der Waals surface area contributed by atoms with Crippen LogP contribution in [0.2, 0.25) is 5.02 Å². The van der Waals surface area contributed by atoms with Crippen LogP contribution in [0.1, 0.15) is 39.5 Å². The highest BCUT2D eigenvalue weighted by Gasteiger charge is 2.43. The van der Waals surface area contributed by atoms with E-state index in [9.17, 15) is 17.6 Å². The molecule has 0 saturated carbocycles. The van der Waals surface area contributed by atoms with Gasteiger partial charge in [-0.2, -0.15) is 0 Å². The Balaban J connectivity index is 1.40. The van der Waals surface area contributed by atoms with Crippen LogP contribution in [-0.2, 0) is 14.6 Å². The summed E-state index contributed by atoms with van der Waals surface area (Å²) in [7, 11) is -3.29. The van der Waals surface area contributed by atoms with Gasteiger partial charge in [-0.15, -0.1) is 0 Å². The molecule has 2 fully saturated rings. The third-order valence-electron chi connectivity index (χ3n) is 6.29. The van der Waals surface area contributed by atoms with Crippen molar-refractivity contribution in [1.29, 1.82) is 0 Å². The van der Waals surface area contributed by atoms with E-state index in [-0.39, 0.29) is 34.0 Å². The van der Waals surface area contributed by atoms with E-state index < -0.39 is 21.3 Å². The normalized spacial score (nSPS) is 22.8. The molecular weight excluding hydrogens is 469 g/mol. The molecule has 1 aromatic carbocycles. The summed E-state index contributed by atoms with van der Waals surface area (Å²) < 4.78 is 42.6. The number of piperidine rings is 1. The van der Waals surface area contributed by atoms with Crippen molar-refractivity contribution in [2.45, 2.75) is 68.2 Å². The Hall–Kier alpha value is -2.39. The molecule has 2 unspecified atom stereocenters. The quantitative estimate of drug-likeness (QED) is 0.656. The fourth-order valence-electron chi connectivity index (χ4n) is 4.65. The molecule has 4 rings (SSSR count). The number of halogens is 2. The third kappa shape index (κ3) is 5.09. The first-order valence-electron chi connectivity index (χ1n) is 10.8. The summed E-state index contributed by atoms with van der Waals surface area (Å²) in [6, 6.07) is 7.76. The number of sulfone groups is 1.